The second kappa shape index (κ2) is 5.96. The molecule has 0 fully saturated rings. The minimum absolute atomic E-state index is 0.413. The summed E-state index contributed by atoms with van der Waals surface area (Å²) in [5.74, 6) is 0.640. The molecule has 0 saturated carbocycles. The predicted molar refractivity (Wildman–Crippen MR) is 77.6 cm³/mol. The van der Waals surface area contributed by atoms with Crippen molar-refractivity contribution in [2.45, 2.75) is 32.7 Å². The molecule has 0 bridgehead atoms. The van der Waals surface area contributed by atoms with Crippen LogP contribution in [0.3, 0.4) is 0 Å². The maximum Gasteiger partial charge on any atom is 0.0705 e. The van der Waals surface area contributed by atoms with E-state index in [4.69, 9.17) is 0 Å². The van der Waals surface area contributed by atoms with Gasteiger partial charge in [-0.2, -0.15) is 0 Å². The van der Waals surface area contributed by atoms with Crippen molar-refractivity contribution in [2.24, 2.45) is 5.92 Å². The average molecular weight is 242 g/mol. The van der Waals surface area contributed by atoms with Gasteiger partial charge in [-0.1, -0.05) is 38.5 Å². The summed E-state index contributed by atoms with van der Waals surface area (Å²) in [4.78, 5) is 4.44. The van der Waals surface area contributed by atoms with Crippen LogP contribution in [0.25, 0.3) is 10.9 Å². The van der Waals surface area contributed by atoms with Crippen LogP contribution in [0.4, 0.5) is 0 Å². The minimum atomic E-state index is 0.413. The molecule has 96 valence electrons. The fourth-order valence-electron chi connectivity index (χ4n) is 2.68. The van der Waals surface area contributed by atoms with Crippen LogP contribution in [0.5, 0.6) is 0 Å². The molecule has 1 aromatic carbocycles. The highest BCUT2D eigenvalue weighted by molar-refractivity contribution is 5.78. The SMILES string of the molecule is CCCC(C)C(NC)c1ccc2cccnc2c1. The number of benzene rings is 1. The van der Waals surface area contributed by atoms with Gasteiger partial charge in [0.2, 0.25) is 0 Å². The van der Waals surface area contributed by atoms with Crippen molar-refractivity contribution < 1.29 is 0 Å². The maximum absolute atomic E-state index is 4.44. The molecule has 2 nitrogen and oxygen atoms in total. The smallest absolute Gasteiger partial charge is 0.0705 e. The van der Waals surface area contributed by atoms with E-state index in [1.165, 1.54) is 23.8 Å². The first kappa shape index (κ1) is 13.0. The van der Waals surface area contributed by atoms with Crippen LogP contribution in [0.2, 0.25) is 0 Å². The van der Waals surface area contributed by atoms with Crippen LogP contribution in [0, 0.1) is 5.92 Å². The van der Waals surface area contributed by atoms with E-state index in [9.17, 15) is 0 Å². The molecule has 0 spiro atoms. The highest BCUT2D eigenvalue weighted by Crippen LogP contribution is 2.27. The fourth-order valence-corrected chi connectivity index (χ4v) is 2.68. The fraction of sp³-hybridized carbons (Fsp3) is 0.438. The summed E-state index contributed by atoms with van der Waals surface area (Å²) < 4.78 is 0. The van der Waals surface area contributed by atoms with E-state index in [0.717, 1.165) is 5.52 Å². The van der Waals surface area contributed by atoms with E-state index in [1.807, 2.05) is 19.3 Å². The quantitative estimate of drug-likeness (QED) is 0.859. The molecule has 2 aromatic rings. The van der Waals surface area contributed by atoms with Gasteiger partial charge < -0.3 is 5.32 Å². The zero-order valence-corrected chi connectivity index (χ0v) is 11.5. The number of fused-ring (bicyclic) bond motifs is 1. The van der Waals surface area contributed by atoms with Gasteiger partial charge in [0.25, 0.3) is 0 Å². The van der Waals surface area contributed by atoms with Gasteiger partial charge in [-0.25, -0.2) is 0 Å². The molecular formula is C16H22N2. The Bertz CT molecular complexity index is 507. The van der Waals surface area contributed by atoms with Crippen molar-refractivity contribution in [1.82, 2.24) is 10.3 Å². The third kappa shape index (κ3) is 2.70. The van der Waals surface area contributed by atoms with Crippen LogP contribution >= 0.6 is 0 Å². The lowest BCUT2D eigenvalue weighted by atomic mass is 9.90. The highest BCUT2D eigenvalue weighted by Gasteiger charge is 2.16. The summed E-state index contributed by atoms with van der Waals surface area (Å²) >= 11 is 0. The molecule has 0 radical (unpaired) electrons. The van der Waals surface area contributed by atoms with Gasteiger partial charge in [0, 0.05) is 17.6 Å². The molecule has 0 saturated heterocycles. The van der Waals surface area contributed by atoms with E-state index in [2.05, 4.69) is 48.4 Å². The second-order valence-electron chi connectivity index (χ2n) is 4.99. The van der Waals surface area contributed by atoms with E-state index in [1.54, 1.807) is 0 Å². The zero-order valence-electron chi connectivity index (χ0n) is 11.5. The summed E-state index contributed by atoms with van der Waals surface area (Å²) in [7, 11) is 2.04. The molecule has 2 atom stereocenters. The maximum atomic E-state index is 4.44. The lowest BCUT2D eigenvalue weighted by Gasteiger charge is -2.24. The first-order valence-electron chi connectivity index (χ1n) is 6.78. The zero-order chi connectivity index (χ0) is 13.0. The number of rotatable bonds is 5. The van der Waals surface area contributed by atoms with Gasteiger partial charge in [0.15, 0.2) is 0 Å². The van der Waals surface area contributed by atoms with Gasteiger partial charge in [0.05, 0.1) is 5.52 Å². The first-order chi connectivity index (χ1) is 8.76. The minimum Gasteiger partial charge on any atom is -0.313 e. The van der Waals surface area contributed by atoms with Crippen molar-refractivity contribution in [3.63, 3.8) is 0 Å². The molecule has 0 aliphatic heterocycles. The van der Waals surface area contributed by atoms with Crippen molar-refractivity contribution in [3.8, 4) is 0 Å². The van der Waals surface area contributed by atoms with Gasteiger partial charge in [-0.3, -0.25) is 4.98 Å². The van der Waals surface area contributed by atoms with E-state index >= 15 is 0 Å². The summed E-state index contributed by atoms with van der Waals surface area (Å²) in [6.07, 6.45) is 4.33. The Balaban J connectivity index is 2.33. The van der Waals surface area contributed by atoms with Crippen molar-refractivity contribution in [3.05, 3.63) is 42.1 Å². The molecule has 1 aromatic heterocycles. The average Bonchev–Trinajstić information content (AvgIpc) is 2.40. The summed E-state index contributed by atoms with van der Waals surface area (Å²) in [5, 5.41) is 4.65. The van der Waals surface area contributed by atoms with Crippen LogP contribution in [-0.4, -0.2) is 12.0 Å². The van der Waals surface area contributed by atoms with E-state index < -0.39 is 0 Å². The molecular weight excluding hydrogens is 220 g/mol. The number of aromatic nitrogens is 1. The number of nitrogens with one attached hydrogen (secondary N) is 1. The van der Waals surface area contributed by atoms with Gasteiger partial charge in [-0.05, 0) is 37.1 Å². The van der Waals surface area contributed by atoms with Crippen LogP contribution in [0.15, 0.2) is 36.5 Å². The molecule has 0 aliphatic carbocycles. The Labute approximate surface area is 109 Å². The molecule has 2 unspecified atom stereocenters. The van der Waals surface area contributed by atoms with Crippen LogP contribution in [-0.2, 0) is 0 Å². The van der Waals surface area contributed by atoms with Crippen LogP contribution in [0.1, 0.15) is 38.3 Å². The number of hydrogen-bond acceptors (Lipinski definition) is 2. The number of pyridine rings is 1. The first-order valence-corrected chi connectivity index (χ1v) is 6.78. The largest absolute Gasteiger partial charge is 0.313 e. The van der Waals surface area contributed by atoms with Crippen molar-refractivity contribution in [2.75, 3.05) is 7.05 Å². The topological polar surface area (TPSA) is 24.9 Å². The normalized spacial score (nSPS) is 14.6. The third-order valence-corrected chi connectivity index (χ3v) is 3.61. The number of nitrogens with zero attached hydrogens (tertiary/aromatic N) is 1. The summed E-state index contributed by atoms with van der Waals surface area (Å²) in [5.41, 5.74) is 2.42. The summed E-state index contributed by atoms with van der Waals surface area (Å²) in [6, 6.07) is 11.1. The Morgan fingerprint density at radius 3 is 2.83 bits per heavy atom. The molecule has 1 N–H and O–H groups in total. The van der Waals surface area contributed by atoms with E-state index in [0.29, 0.717) is 12.0 Å². The highest BCUT2D eigenvalue weighted by atomic mass is 14.9. The van der Waals surface area contributed by atoms with Gasteiger partial charge in [-0.15, -0.1) is 0 Å². The Morgan fingerprint density at radius 2 is 2.11 bits per heavy atom. The number of hydrogen-bond donors (Lipinski definition) is 1. The van der Waals surface area contributed by atoms with Crippen molar-refractivity contribution in [1.29, 1.82) is 0 Å². The van der Waals surface area contributed by atoms with Crippen LogP contribution < -0.4 is 5.32 Å². The molecule has 0 aliphatic rings. The Kier molecular flexibility index (Phi) is 4.32. The Morgan fingerprint density at radius 1 is 1.28 bits per heavy atom. The standard InChI is InChI=1S/C16H22N2/c1-4-6-12(2)16(17-3)14-9-8-13-7-5-10-18-15(13)11-14/h5,7-12,16-17H,4,6H2,1-3H3. The predicted octanol–water partition coefficient (Wildman–Crippen LogP) is 3.93. The molecule has 1 heterocycles. The molecule has 2 heteroatoms. The molecule has 18 heavy (non-hydrogen) atoms. The lowest BCUT2D eigenvalue weighted by molar-refractivity contribution is 0.384. The van der Waals surface area contributed by atoms with Crippen molar-refractivity contribution >= 4 is 10.9 Å². The lowest BCUT2D eigenvalue weighted by Crippen LogP contribution is -2.23. The third-order valence-electron chi connectivity index (χ3n) is 3.61. The summed E-state index contributed by atoms with van der Waals surface area (Å²) in [6.45, 7) is 4.55. The Hall–Kier alpha value is -1.41. The molecule has 2 rings (SSSR count). The second-order valence-corrected chi connectivity index (χ2v) is 4.99. The molecule has 0 amide bonds. The van der Waals surface area contributed by atoms with Gasteiger partial charge in [0.1, 0.15) is 0 Å². The van der Waals surface area contributed by atoms with E-state index in [-0.39, 0.29) is 0 Å². The monoisotopic (exact) mass is 242 g/mol. The van der Waals surface area contributed by atoms with Gasteiger partial charge >= 0.3 is 0 Å².